The molecule has 1 heterocycles. The van der Waals surface area contributed by atoms with E-state index in [-0.39, 0.29) is 42.2 Å². The fraction of sp³-hybridized carbons (Fsp3) is 0.333. The number of nitrogens with one attached hydrogen (secondary N) is 1. The number of anilines is 1. The smallest absolute Gasteiger partial charge is 0.274 e. The summed E-state index contributed by atoms with van der Waals surface area (Å²) in [6, 6.07) is 6.12. The maximum absolute atomic E-state index is 13.6. The van der Waals surface area contributed by atoms with Crippen molar-refractivity contribution in [1.82, 2.24) is 14.9 Å². The molecule has 0 radical (unpaired) electrons. The zero-order chi connectivity index (χ0) is 17.8. The van der Waals surface area contributed by atoms with Crippen LogP contribution in [0.5, 0.6) is 0 Å². The van der Waals surface area contributed by atoms with Crippen molar-refractivity contribution in [2.45, 2.75) is 32.2 Å². The molecule has 2 aromatic rings. The van der Waals surface area contributed by atoms with Crippen LogP contribution in [0.4, 0.5) is 10.1 Å². The molecule has 0 atom stereocenters. The molecule has 1 aliphatic rings. The molecule has 130 valence electrons. The SMILES string of the molecule is Cc1cnc(C(=O)N(CCC(=O)Nc2ccccc2F)C2CC2)cn1. The summed E-state index contributed by atoms with van der Waals surface area (Å²) < 4.78 is 13.6. The Labute approximate surface area is 145 Å². The Morgan fingerprint density at radius 2 is 2.00 bits per heavy atom. The van der Waals surface area contributed by atoms with Gasteiger partial charge in [-0.1, -0.05) is 12.1 Å². The molecule has 1 aromatic carbocycles. The molecular weight excluding hydrogens is 323 g/mol. The van der Waals surface area contributed by atoms with Gasteiger partial charge in [0.1, 0.15) is 11.5 Å². The van der Waals surface area contributed by atoms with Crippen LogP contribution in [0.25, 0.3) is 0 Å². The largest absolute Gasteiger partial charge is 0.334 e. The molecule has 0 spiro atoms. The van der Waals surface area contributed by atoms with Crippen LogP contribution in [0.2, 0.25) is 0 Å². The van der Waals surface area contributed by atoms with Crippen molar-refractivity contribution in [2.24, 2.45) is 0 Å². The number of aromatic nitrogens is 2. The van der Waals surface area contributed by atoms with Crippen LogP contribution in [-0.2, 0) is 4.79 Å². The quantitative estimate of drug-likeness (QED) is 0.875. The second-order valence-corrected chi connectivity index (χ2v) is 6.05. The Kier molecular flexibility index (Phi) is 5.02. The van der Waals surface area contributed by atoms with E-state index in [0.29, 0.717) is 0 Å². The third kappa shape index (κ3) is 4.37. The van der Waals surface area contributed by atoms with Crippen molar-refractivity contribution in [3.05, 3.63) is 53.9 Å². The van der Waals surface area contributed by atoms with E-state index in [9.17, 15) is 14.0 Å². The summed E-state index contributed by atoms with van der Waals surface area (Å²) in [5.74, 6) is -1.05. The van der Waals surface area contributed by atoms with Gasteiger partial charge in [-0.3, -0.25) is 14.6 Å². The molecule has 2 amide bonds. The highest BCUT2D eigenvalue weighted by molar-refractivity contribution is 5.94. The highest BCUT2D eigenvalue weighted by atomic mass is 19.1. The van der Waals surface area contributed by atoms with Gasteiger partial charge < -0.3 is 10.2 Å². The lowest BCUT2D eigenvalue weighted by Crippen LogP contribution is -2.36. The normalized spacial score (nSPS) is 13.4. The first-order chi connectivity index (χ1) is 12.0. The Balaban J connectivity index is 1.61. The number of rotatable bonds is 6. The number of hydrogen-bond donors (Lipinski definition) is 1. The molecule has 0 bridgehead atoms. The van der Waals surface area contributed by atoms with E-state index in [1.807, 2.05) is 0 Å². The molecule has 1 saturated carbocycles. The first kappa shape index (κ1) is 17.0. The fourth-order valence-electron chi connectivity index (χ4n) is 2.48. The van der Waals surface area contributed by atoms with Gasteiger partial charge in [-0.25, -0.2) is 9.37 Å². The minimum atomic E-state index is -0.485. The second kappa shape index (κ2) is 7.38. The van der Waals surface area contributed by atoms with Crippen LogP contribution in [0.3, 0.4) is 0 Å². The Morgan fingerprint density at radius 3 is 2.64 bits per heavy atom. The fourth-order valence-corrected chi connectivity index (χ4v) is 2.48. The maximum Gasteiger partial charge on any atom is 0.274 e. The van der Waals surface area contributed by atoms with E-state index in [0.717, 1.165) is 18.5 Å². The summed E-state index contributed by atoms with van der Waals surface area (Å²) in [5, 5.41) is 2.53. The van der Waals surface area contributed by atoms with Crippen molar-refractivity contribution in [1.29, 1.82) is 0 Å². The van der Waals surface area contributed by atoms with E-state index in [2.05, 4.69) is 15.3 Å². The molecule has 1 fully saturated rings. The highest BCUT2D eigenvalue weighted by Crippen LogP contribution is 2.28. The van der Waals surface area contributed by atoms with Gasteiger partial charge in [0.15, 0.2) is 0 Å². The van der Waals surface area contributed by atoms with Crippen molar-refractivity contribution >= 4 is 17.5 Å². The van der Waals surface area contributed by atoms with Gasteiger partial charge in [0.05, 0.1) is 17.6 Å². The van der Waals surface area contributed by atoms with Gasteiger partial charge in [0.2, 0.25) is 5.91 Å². The number of nitrogens with zero attached hydrogens (tertiary/aromatic N) is 3. The lowest BCUT2D eigenvalue weighted by Gasteiger charge is -2.21. The zero-order valence-corrected chi connectivity index (χ0v) is 13.9. The molecule has 1 N–H and O–H groups in total. The standard InChI is InChI=1S/C18H19FN4O2/c1-12-10-21-16(11-20-12)18(25)23(13-6-7-13)9-8-17(24)22-15-5-3-2-4-14(15)19/h2-5,10-11,13H,6-9H2,1H3,(H,22,24). The first-order valence-electron chi connectivity index (χ1n) is 8.18. The maximum atomic E-state index is 13.6. The van der Waals surface area contributed by atoms with E-state index in [1.165, 1.54) is 18.3 Å². The lowest BCUT2D eigenvalue weighted by atomic mass is 10.2. The van der Waals surface area contributed by atoms with Gasteiger partial charge >= 0.3 is 0 Å². The molecule has 1 aliphatic carbocycles. The van der Waals surface area contributed by atoms with Crippen LogP contribution in [0, 0.1) is 12.7 Å². The van der Waals surface area contributed by atoms with Crippen molar-refractivity contribution < 1.29 is 14.0 Å². The van der Waals surface area contributed by atoms with E-state index in [4.69, 9.17) is 0 Å². The summed E-state index contributed by atoms with van der Waals surface area (Å²) in [7, 11) is 0. The van der Waals surface area contributed by atoms with E-state index in [1.54, 1.807) is 30.2 Å². The van der Waals surface area contributed by atoms with Crippen LogP contribution in [0.1, 0.15) is 35.4 Å². The number of amides is 2. The second-order valence-electron chi connectivity index (χ2n) is 6.05. The highest BCUT2D eigenvalue weighted by Gasteiger charge is 2.33. The number of hydrogen-bond acceptors (Lipinski definition) is 4. The van der Waals surface area contributed by atoms with Gasteiger partial charge in [0.25, 0.3) is 5.91 Å². The number of halogens is 1. The van der Waals surface area contributed by atoms with Gasteiger partial charge in [-0.05, 0) is 31.9 Å². The van der Waals surface area contributed by atoms with Crippen molar-refractivity contribution in [3.63, 3.8) is 0 Å². The minimum Gasteiger partial charge on any atom is -0.334 e. The number of carbonyl (C=O) groups excluding carboxylic acids is 2. The summed E-state index contributed by atoms with van der Waals surface area (Å²) in [5.41, 5.74) is 1.15. The van der Waals surface area contributed by atoms with Crippen molar-refractivity contribution in [3.8, 4) is 0 Å². The predicted molar refractivity (Wildman–Crippen MR) is 90.5 cm³/mol. The molecule has 3 rings (SSSR count). The molecule has 0 saturated heterocycles. The summed E-state index contributed by atoms with van der Waals surface area (Å²) in [6.07, 6.45) is 4.92. The topological polar surface area (TPSA) is 75.2 Å². The number of benzene rings is 1. The average Bonchev–Trinajstić information content (AvgIpc) is 3.42. The molecule has 7 heteroatoms. The monoisotopic (exact) mass is 342 g/mol. The first-order valence-corrected chi connectivity index (χ1v) is 8.18. The molecule has 0 aliphatic heterocycles. The van der Waals surface area contributed by atoms with E-state index >= 15 is 0 Å². The van der Waals surface area contributed by atoms with Crippen LogP contribution in [0.15, 0.2) is 36.7 Å². The average molecular weight is 342 g/mol. The summed E-state index contributed by atoms with van der Waals surface area (Å²) >= 11 is 0. The minimum absolute atomic E-state index is 0.0931. The lowest BCUT2D eigenvalue weighted by molar-refractivity contribution is -0.116. The third-order valence-corrected chi connectivity index (χ3v) is 3.98. The Hall–Kier alpha value is -2.83. The number of aryl methyl sites for hydroxylation is 1. The van der Waals surface area contributed by atoms with Gasteiger partial charge in [-0.2, -0.15) is 0 Å². The zero-order valence-electron chi connectivity index (χ0n) is 13.9. The predicted octanol–water partition coefficient (Wildman–Crippen LogP) is 2.56. The van der Waals surface area contributed by atoms with Gasteiger partial charge in [0, 0.05) is 25.2 Å². The Bertz CT molecular complexity index is 775. The molecule has 0 unspecified atom stereocenters. The third-order valence-electron chi connectivity index (χ3n) is 3.98. The molecule has 25 heavy (non-hydrogen) atoms. The van der Waals surface area contributed by atoms with Crippen LogP contribution < -0.4 is 5.32 Å². The Morgan fingerprint density at radius 1 is 1.24 bits per heavy atom. The number of para-hydroxylation sites is 1. The summed E-state index contributed by atoms with van der Waals surface area (Å²) in [6.45, 7) is 2.06. The molecule has 6 nitrogen and oxygen atoms in total. The van der Waals surface area contributed by atoms with Crippen molar-refractivity contribution in [2.75, 3.05) is 11.9 Å². The van der Waals surface area contributed by atoms with Crippen LogP contribution >= 0.6 is 0 Å². The summed E-state index contributed by atoms with van der Waals surface area (Å²) in [4.78, 5) is 34.5. The van der Waals surface area contributed by atoms with Crippen LogP contribution in [-0.4, -0.2) is 39.3 Å². The number of carbonyl (C=O) groups is 2. The van der Waals surface area contributed by atoms with Gasteiger partial charge in [-0.15, -0.1) is 0 Å². The molecule has 1 aromatic heterocycles. The molecular formula is C18H19FN4O2. The van der Waals surface area contributed by atoms with E-state index < -0.39 is 5.82 Å².